The molecule has 0 radical (unpaired) electrons. The highest BCUT2D eigenvalue weighted by atomic mass is 16.1. The molecule has 0 atom stereocenters. The summed E-state index contributed by atoms with van der Waals surface area (Å²) in [6, 6.07) is 6.58. The molecule has 0 spiro atoms. The van der Waals surface area contributed by atoms with Gasteiger partial charge in [0.1, 0.15) is 0 Å². The number of hydrogen-bond donors (Lipinski definition) is 2. The van der Waals surface area contributed by atoms with Gasteiger partial charge >= 0.3 is 0 Å². The van der Waals surface area contributed by atoms with Crippen molar-refractivity contribution in [1.82, 2.24) is 5.32 Å². The van der Waals surface area contributed by atoms with Crippen molar-refractivity contribution < 1.29 is 4.79 Å². The standard InChI is InChI=1S/C13H16N2O/c16-13(8-15-11-2-3-11)10-1-4-12-9(7-10)5-6-14-12/h1,4,7,11,14-15H,2-3,5-6,8H2. The Hall–Kier alpha value is -1.35. The zero-order valence-electron chi connectivity index (χ0n) is 9.25. The number of ketones is 1. The fraction of sp³-hybridized carbons (Fsp3) is 0.462. The van der Waals surface area contributed by atoms with Gasteiger partial charge in [-0.2, -0.15) is 0 Å². The molecule has 2 N–H and O–H groups in total. The van der Waals surface area contributed by atoms with Gasteiger partial charge in [0.25, 0.3) is 0 Å². The summed E-state index contributed by atoms with van der Waals surface area (Å²) >= 11 is 0. The van der Waals surface area contributed by atoms with E-state index in [1.54, 1.807) is 0 Å². The van der Waals surface area contributed by atoms with Gasteiger partial charge in [0.15, 0.2) is 5.78 Å². The number of carbonyl (C=O) groups excluding carboxylic acids is 1. The molecule has 16 heavy (non-hydrogen) atoms. The molecule has 1 saturated carbocycles. The third kappa shape index (κ3) is 1.95. The van der Waals surface area contributed by atoms with Crippen LogP contribution in [0.5, 0.6) is 0 Å². The first-order chi connectivity index (χ1) is 7.83. The van der Waals surface area contributed by atoms with Crippen molar-refractivity contribution in [3.63, 3.8) is 0 Å². The second-order valence-corrected chi connectivity index (χ2v) is 4.63. The maximum absolute atomic E-state index is 11.9. The van der Waals surface area contributed by atoms with Crippen LogP contribution in [0.15, 0.2) is 18.2 Å². The molecule has 1 heterocycles. The van der Waals surface area contributed by atoms with Crippen molar-refractivity contribution in [2.75, 3.05) is 18.4 Å². The summed E-state index contributed by atoms with van der Waals surface area (Å²) < 4.78 is 0. The number of anilines is 1. The molecule has 1 fully saturated rings. The van der Waals surface area contributed by atoms with E-state index in [0.717, 1.165) is 18.5 Å². The summed E-state index contributed by atoms with van der Waals surface area (Å²) in [4.78, 5) is 11.9. The second-order valence-electron chi connectivity index (χ2n) is 4.63. The minimum absolute atomic E-state index is 0.210. The van der Waals surface area contributed by atoms with Gasteiger partial charge in [0.2, 0.25) is 0 Å². The number of benzene rings is 1. The summed E-state index contributed by atoms with van der Waals surface area (Å²) in [6.45, 7) is 1.48. The molecule has 1 aliphatic carbocycles. The molecule has 0 amide bonds. The lowest BCUT2D eigenvalue weighted by molar-refractivity contribution is 0.0990. The lowest BCUT2D eigenvalue weighted by atomic mass is 10.1. The van der Waals surface area contributed by atoms with Gasteiger partial charge < -0.3 is 10.6 Å². The number of hydrogen-bond acceptors (Lipinski definition) is 3. The Balaban J connectivity index is 1.70. The van der Waals surface area contributed by atoms with Crippen LogP contribution in [0.2, 0.25) is 0 Å². The van der Waals surface area contributed by atoms with E-state index in [1.165, 1.54) is 24.1 Å². The summed E-state index contributed by atoms with van der Waals surface area (Å²) in [5, 5.41) is 6.56. The van der Waals surface area contributed by atoms with Crippen LogP contribution in [0.3, 0.4) is 0 Å². The molecule has 0 bridgehead atoms. The van der Waals surface area contributed by atoms with Gasteiger partial charge in [0, 0.05) is 23.8 Å². The van der Waals surface area contributed by atoms with Crippen LogP contribution in [0.4, 0.5) is 5.69 Å². The average molecular weight is 216 g/mol. The molecule has 3 nitrogen and oxygen atoms in total. The summed E-state index contributed by atoms with van der Waals surface area (Å²) in [5.74, 6) is 0.210. The third-order valence-corrected chi connectivity index (χ3v) is 3.27. The smallest absolute Gasteiger partial charge is 0.176 e. The molecule has 3 heteroatoms. The van der Waals surface area contributed by atoms with Gasteiger partial charge in [-0.15, -0.1) is 0 Å². The Bertz CT molecular complexity index is 424. The summed E-state index contributed by atoms with van der Waals surface area (Å²) in [5.41, 5.74) is 3.31. The molecule has 0 aromatic heterocycles. The van der Waals surface area contributed by atoms with E-state index in [-0.39, 0.29) is 5.78 Å². The largest absolute Gasteiger partial charge is 0.384 e. The van der Waals surface area contributed by atoms with Crippen molar-refractivity contribution in [3.05, 3.63) is 29.3 Å². The fourth-order valence-electron chi connectivity index (χ4n) is 2.10. The Kier molecular flexibility index (Phi) is 2.40. The normalized spacial score (nSPS) is 18.0. The van der Waals surface area contributed by atoms with Gasteiger partial charge in [-0.1, -0.05) is 0 Å². The molecule has 1 aliphatic heterocycles. The lowest BCUT2D eigenvalue weighted by Gasteiger charge is -2.05. The Morgan fingerprint density at radius 1 is 1.44 bits per heavy atom. The minimum Gasteiger partial charge on any atom is -0.384 e. The first-order valence-electron chi connectivity index (χ1n) is 5.96. The second kappa shape index (κ2) is 3.91. The summed E-state index contributed by atoms with van der Waals surface area (Å²) in [6.07, 6.45) is 3.48. The molecule has 1 aromatic rings. The molecule has 3 rings (SSSR count). The number of carbonyl (C=O) groups is 1. The Morgan fingerprint density at radius 3 is 3.12 bits per heavy atom. The van der Waals surface area contributed by atoms with Crippen molar-refractivity contribution in [3.8, 4) is 0 Å². The summed E-state index contributed by atoms with van der Waals surface area (Å²) in [7, 11) is 0. The van der Waals surface area contributed by atoms with Crippen LogP contribution in [0.25, 0.3) is 0 Å². The average Bonchev–Trinajstić information content (AvgIpc) is 3.01. The first kappa shape index (κ1) is 9.85. The van der Waals surface area contributed by atoms with Gasteiger partial charge in [-0.05, 0) is 43.0 Å². The molecular weight excluding hydrogens is 200 g/mol. The van der Waals surface area contributed by atoms with E-state index in [1.807, 2.05) is 18.2 Å². The van der Waals surface area contributed by atoms with Crippen molar-refractivity contribution in [2.24, 2.45) is 0 Å². The highest BCUT2D eigenvalue weighted by Crippen LogP contribution is 2.23. The van der Waals surface area contributed by atoms with E-state index < -0.39 is 0 Å². The van der Waals surface area contributed by atoms with Crippen LogP contribution < -0.4 is 10.6 Å². The van der Waals surface area contributed by atoms with Crippen LogP contribution in [-0.4, -0.2) is 24.9 Å². The lowest BCUT2D eigenvalue weighted by Crippen LogP contribution is -2.24. The van der Waals surface area contributed by atoms with E-state index in [9.17, 15) is 4.79 Å². The monoisotopic (exact) mass is 216 g/mol. The van der Waals surface area contributed by atoms with Crippen molar-refractivity contribution in [1.29, 1.82) is 0 Å². The molecule has 2 aliphatic rings. The third-order valence-electron chi connectivity index (χ3n) is 3.27. The van der Waals surface area contributed by atoms with E-state index in [2.05, 4.69) is 10.6 Å². The van der Waals surface area contributed by atoms with Crippen molar-refractivity contribution >= 4 is 11.5 Å². The van der Waals surface area contributed by atoms with Crippen molar-refractivity contribution in [2.45, 2.75) is 25.3 Å². The highest BCUT2D eigenvalue weighted by Gasteiger charge is 2.21. The molecule has 0 saturated heterocycles. The predicted molar refractivity (Wildman–Crippen MR) is 64.0 cm³/mol. The van der Waals surface area contributed by atoms with Crippen LogP contribution >= 0.6 is 0 Å². The molecule has 0 unspecified atom stereocenters. The van der Waals surface area contributed by atoms with Crippen LogP contribution in [0, 0.1) is 0 Å². The molecule has 1 aromatic carbocycles. The maximum atomic E-state index is 11.9. The zero-order chi connectivity index (χ0) is 11.0. The number of Topliss-reactive ketones (excluding diaryl/α,β-unsaturated/α-hetero) is 1. The molecule has 84 valence electrons. The number of fused-ring (bicyclic) bond motifs is 1. The maximum Gasteiger partial charge on any atom is 0.176 e. The van der Waals surface area contributed by atoms with Gasteiger partial charge in [0.05, 0.1) is 6.54 Å². The quantitative estimate of drug-likeness (QED) is 0.751. The van der Waals surface area contributed by atoms with E-state index >= 15 is 0 Å². The van der Waals surface area contributed by atoms with Crippen LogP contribution in [0.1, 0.15) is 28.8 Å². The Labute approximate surface area is 95.2 Å². The topological polar surface area (TPSA) is 41.1 Å². The number of nitrogens with one attached hydrogen (secondary N) is 2. The highest BCUT2D eigenvalue weighted by molar-refractivity contribution is 5.98. The molecular formula is C13H16N2O. The first-order valence-corrected chi connectivity index (χ1v) is 5.96. The van der Waals surface area contributed by atoms with E-state index in [0.29, 0.717) is 12.6 Å². The van der Waals surface area contributed by atoms with Gasteiger partial charge in [-0.25, -0.2) is 0 Å². The van der Waals surface area contributed by atoms with E-state index in [4.69, 9.17) is 0 Å². The van der Waals surface area contributed by atoms with Crippen LogP contribution in [-0.2, 0) is 6.42 Å². The SMILES string of the molecule is O=C(CNC1CC1)c1ccc2c(c1)CCN2. The van der Waals surface area contributed by atoms with Gasteiger partial charge in [-0.3, -0.25) is 4.79 Å². The minimum atomic E-state index is 0.210. The Morgan fingerprint density at radius 2 is 2.31 bits per heavy atom. The fourth-order valence-corrected chi connectivity index (χ4v) is 2.10. The zero-order valence-corrected chi connectivity index (χ0v) is 9.25. The predicted octanol–water partition coefficient (Wildman–Crippen LogP) is 1.59. The number of rotatable bonds is 4.